The van der Waals surface area contributed by atoms with Gasteiger partial charge >= 0.3 is 0 Å². The zero-order valence-corrected chi connectivity index (χ0v) is 12.3. The van der Waals surface area contributed by atoms with Crippen LogP contribution >= 0.6 is 11.6 Å². The van der Waals surface area contributed by atoms with Crippen LogP contribution in [-0.2, 0) is 4.79 Å². The molecule has 1 heterocycles. The Bertz CT molecular complexity index is 444. The molecule has 0 radical (unpaired) electrons. The lowest BCUT2D eigenvalue weighted by molar-refractivity contribution is -0.136. The smallest absolute Gasteiger partial charge is 0.227 e. The molecule has 1 fully saturated rings. The van der Waals surface area contributed by atoms with Crippen molar-refractivity contribution in [3.63, 3.8) is 0 Å². The van der Waals surface area contributed by atoms with Crippen molar-refractivity contribution >= 4 is 17.5 Å². The summed E-state index contributed by atoms with van der Waals surface area (Å²) < 4.78 is 0. The Labute approximate surface area is 119 Å². The third-order valence-corrected chi connectivity index (χ3v) is 4.14. The summed E-state index contributed by atoms with van der Waals surface area (Å²) >= 11 is 6.01. The van der Waals surface area contributed by atoms with Crippen molar-refractivity contribution in [2.24, 2.45) is 5.92 Å². The number of amides is 1. The van der Waals surface area contributed by atoms with Crippen LogP contribution in [-0.4, -0.2) is 30.9 Å². The maximum absolute atomic E-state index is 12.5. The van der Waals surface area contributed by atoms with Gasteiger partial charge in [0.15, 0.2) is 0 Å². The highest BCUT2D eigenvalue weighted by Crippen LogP contribution is 2.24. The van der Waals surface area contributed by atoms with E-state index in [0.717, 1.165) is 31.5 Å². The number of rotatable bonds is 3. The van der Waals surface area contributed by atoms with E-state index in [1.54, 1.807) is 0 Å². The summed E-state index contributed by atoms with van der Waals surface area (Å²) in [6.45, 7) is 3.86. The van der Waals surface area contributed by atoms with Gasteiger partial charge in [-0.15, -0.1) is 0 Å². The Balaban J connectivity index is 2.05. The standard InChI is InChI=1S/C15H21ClN2O/c1-11(12-5-3-7-14(16)9-12)18(2)15(19)13-6-4-8-17-10-13/h3,5,7,9,11,13,17H,4,6,8,10H2,1-2H3/t11?,13-/m0/s1. The van der Waals surface area contributed by atoms with Gasteiger partial charge in [0, 0.05) is 18.6 Å². The Morgan fingerprint density at radius 3 is 2.95 bits per heavy atom. The molecule has 1 aliphatic rings. The number of hydrogen-bond donors (Lipinski definition) is 1. The first-order valence-corrected chi connectivity index (χ1v) is 7.20. The van der Waals surface area contributed by atoms with E-state index < -0.39 is 0 Å². The van der Waals surface area contributed by atoms with Crippen LogP contribution < -0.4 is 5.32 Å². The molecule has 3 nitrogen and oxygen atoms in total. The second-order valence-electron chi connectivity index (χ2n) is 5.22. The molecular weight excluding hydrogens is 260 g/mol. The highest BCUT2D eigenvalue weighted by molar-refractivity contribution is 6.30. The fourth-order valence-corrected chi connectivity index (χ4v) is 2.73. The predicted octanol–water partition coefficient (Wildman–Crippen LogP) is 2.86. The molecule has 1 aromatic rings. The SMILES string of the molecule is CC(c1cccc(Cl)c1)N(C)C(=O)[C@H]1CCCNC1. The highest BCUT2D eigenvalue weighted by atomic mass is 35.5. The topological polar surface area (TPSA) is 32.3 Å². The van der Waals surface area contributed by atoms with Gasteiger partial charge in [-0.2, -0.15) is 0 Å². The zero-order valence-electron chi connectivity index (χ0n) is 11.5. The van der Waals surface area contributed by atoms with Gasteiger partial charge < -0.3 is 10.2 Å². The van der Waals surface area contributed by atoms with Gasteiger partial charge in [0.2, 0.25) is 5.91 Å². The average molecular weight is 281 g/mol. The first-order valence-electron chi connectivity index (χ1n) is 6.82. The minimum atomic E-state index is 0.0492. The number of carbonyl (C=O) groups is 1. The van der Waals surface area contributed by atoms with E-state index in [4.69, 9.17) is 11.6 Å². The van der Waals surface area contributed by atoms with E-state index in [1.165, 1.54) is 0 Å². The van der Waals surface area contributed by atoms with Crippen molar-refractivity contribution in [2.45, 2.75) is 25.8 Å². The number of carbonyl (C=O) groups excluding carboxylic acids is 1. The first kappa shape index (κ1) is 14.4. The van der Waals surface area contributed by atoms with Gasteiger partial charge in [-0.25, -0.2) is 0 Å². The van der Waals surface area contributed by atoms with Gasteiger partial charge in [-0.05, 0) is 44.0 Å². The largest absolute Gasteiger partial charge is 0.339 e. The molecule has 0 spiro atoms. The van der Waals surface area contributed by atoms with E-state index >= 15 is 0 Å². The third-order valence-electron chi connectivity index (χ3n) is 3.91. The number of halogens is 1. The van der Waals surface area contributed by atoms with Crippen molar-refractivity contribution in [1.82, 2.24) is 10.2 Å². The highest BCUT2D eigenvalue weighted by Gasteiger charge is 2.26. The van der Waals surface area contributed by atoms with E-state index in [2.05, 4.69) is 5.32 Å². The lowest BCUT2D eigenvalue weighted by atomic mass is 9.97. The Morgan fingerprint density at radius 1 is 1.53 bits per heavy atom. The van der Waals surface area contributed by atoms with E-state index in [-0.39, 0.29) is 17.9 Å². The second kappa shape index (κ2) is 6.40. The lowest BCUT2D eigenvalue weighted by Crippen LogP contribution is -2.42. The van der Waals surface area contributed by atoms with Crippen LogP contribution in [0.4, 0.5) is 0 Å². The molecule has 0 aliphatic carbocycles. The summed E-state index contributed by atoms with van der Waals surface area (Å²) in [5.41, 5.74) is 1.08. The summed E-state index contributed by atoms with van der Waals surface area (Å²) in [7, 11) is 1.88. The quantitative estimate of drug-likeness (QED) is 0.923. The maximum atomic E-state index is 12.5. The van der Waals surface area contributed by atoms with Crippen molar-refractivity contribution < 1.29 is 4.79 Å². The predicted molar refractivity (Wildman–Crippen MR) is 78.2 cm³/mol. The molecule has 0 saturated carbocycles. The molecule has 1 aromatic carbocycles. The van der Waals surface area contributed by atoms with E-state index in [0.29, 0.717) is 5.02 Å². The minimum absolute atomic E-state index is 0.0492. The molecule has 104 valence electrons. The van der Waals surface area contributed by atoms with E-state index in [9.17, 15) is 4.79 Å². The number of benzene rings is 1. The van der Waals surface area contributed by atoms with Gasteiger partial charge in [0.1, 0.15) is 0 Å². The zero-order chi connectivity index (χ0) is 13.8. The van der Waals surface area contributed by atoms with Crippen LogP contribution in [0.25, 0.3) is 0 Å². The van der Waals surface area contributed by atoms with Gasteiger partial charge in [-0.1, -0.05) is 23.7 Å². The molecule has 4 heteroatoms. The minimum Gasteiger partial charge on any atom is -0.339 e. The summed E-state index contributed by atoms with van der Waals surface area (Å²) in [4.78, 5) is 14.3. The van der Waals surface area contributed by atoms with Crippen LogP contribution in [0.2, 0.25) is 5.02 Å². The molecule has 1 unspecified atom stereocenters. The van der Waals surface area contributed by atoms with Crippen molar-refractivity contribution in [2.75, 3.05) is 20.1 Å². The molecule has 2 rings (SSSR count). The van der Waals surface area contributed by atoms with Crippen LogP contribution in [0.5, 0.6) is 0 Å². The van der Waals surface area contributed by atoms with E-state index in [1.807, 2.05) is 43.1 Å². The number of nitrogens with zero attached hydrogens (tertiary/aromatic N) is 1. The van der Waals surface area contributed by atoms with Crippen molar-refractivity contribution in [3.05, 3.63) is 34.9 Å². The molecule has 2 atom stereocenters. The molecule has 1 saturated heterocycles. The maximum Gasteiger partial charge on any atom is 0.227 e. The average Bonchev–Trinajstić information content (AvgIpc) is 2.46. The normalized spacial score (nSPS) is 20.9. The summed E-state index contributed by atoms with van der Waals surface area (Å²) in [6.07, 6.45) is 2.06. The van der Waals surface area contributed by atoms with Crippen LogP contribution in [0.3, 0.4) is 0 Å². The van der Waals surface area contributed by atoms with Gasteiger partial charge in [0.25, 0.3) is 0 Å². The van der Waals surface area contributed by atoms with Crippen LogP contribution in [0.15, 0.2) is 24.3 Å². The van der Waals surface area contributed by atoms with Gasteiger partial charge in [0.05, 0.1) is 12.0 Å². The molecular formula is C15H21ClN2O. The van der Waals surface area contributed by atoms with Gasteiger partial charge in [-0.3, -0.25) is 4.79 Å². The third kappa shape index (κ3) is 3.48. The first-order chi connectivity index (χ1) is 9.09. The fourth-order valence-electron chi connectivity index (χ4n) is 2.53. The monoisotopic (exact) mass is 280 g/mol. The molecule has 19 heavy (non-hydrogen) atoms. The molecule has 0 bridgehead atoms. The van der Waals surface area contributed by atoms with Crippen molar-refractivity contribution in [1.29, 1.82) is 0 Å². The summed E-state index contributed by atoms with van der Waals surface area (Å²) in [6, 6.07) is 7.77. The van der Waals surface area contributed by atoms with Crippen LogP contribution in [0.1, 0.15) is 31.4 Å². The summed E-state index contributed by atoms with van der Waals surface area (Å²) in [5.74, 6) is 0.333. The Morgan fingerprint density at radius 2 is 2.32 bits per heavy atom. The van der Waals surface area contributed by atoms with Crippen molar-refractivity contribution in [3.8, 4) is 0 Å². The number of nitrogens with one attached hydrogen (secondary N) is 1. The molecule has 0 aromatic heterocycles. The summed E-state index contributed by atoms with van der Waals surface area (Å²) in [5, 5.41) is 4.00. The Hall–Kier alpha value is -1.06. The number of piperidine rings is 1. The lowest BCUT2D eigenvalue weighted by Gasteiger charge is -2.31. The molecule has 1 N–H and O–H groups in total. The molecule has 1 aliphatic heterocycles. The Kier molecular flexibility index (Phi) is 4.83. The fraction of sp³-hybridized carbons (Fsp3) is 0.533. The second-order valence-corrected chi connectivity index (χ2v) is 5.66. The number of hydrogen-bond acceptors (Lipinski definition) is 2. The van der Waals surface area contributed by atoms with Crippen LogP contribution in [0, 0.1) is 5.92 Å². The molecule has 1 amide bonds.